The van der Waals surface area contributed by atoms with E-state index in [9.17, 15) is 13.2 Å². The number of para-hydroxylation sites is 1. The lowest BCUT2D eigenvalue weighted by Gasteiger charge is -2.23. The van der Waals surface area contributed by atoms with Crippen LogP contribution < -0.4 is 19.1 Å². The molecular formula is C30H30N2O5S. The maximum atomic E-state index is 12.6. The quantitative estimate of drug-likeness (QED) is 0.260. The predicted octanol–water partition coefficient (Wildman–Crippen LogP) is 5.04. The zero-order valence-electron chi connectivity index (χ0n) is 21.1. The van der Waals surface area contributed by atoms with Gasteiger partial charge in [0.2, 0.25) is 10.0 Å². The maximum Gasteiger partial charge on any atom is 0.251 e. The van der Waals surface area contributed by atoms with Crippen LogP contribution in [0.1, 0.15) is 21.5 Å². The van der Waals surface area contributed by atoms with Crippen molar-refractivity contribution >= 4 is 21.6 Å². The van der Waals surface area contributed by atoms with Crippen molar-refractivity contribution in [2.45, 2.75) is 13.2 Å². The third-order valence-corrected chi connectivity index (χ3v) is 6.86. The molecule has 0 aliphatic rings. The van der Waals surface area contributed by atoms with Gasteiger partial charge in [0.05, 0.1) is 25.0 Å². The molecule has 0 aliphatic carbocycles. The molecular weight excluding hydrogens is 500 g/mol. The van der Waals surface area contributed by atoms with Crippen LogP contribution in [0.2, 0.25) is 0 Å². The number of nitrogens with zero attached hydrogens (tertiary/aromatic N) is 1. The Labute approximate surface area is 223 Å². The van der Waals surface area contributed by atoms with Crippen molar-refractivity contribution in [1.29, 1.82) is 0 Å². The zero-order valence-corrected chi connectivity index (χ0v) is 21.9. The summed E-state index contributed by atoms with van der Waals surface area (Å²) < 4.78 is 37.9. The molecule has 0 heterocycles. The summed E-state index contributed by atoms with van der Waals surface area (Å²) in [4.78, 5) is 12.5. The first-order chi connectivity index (χ1) is 18.4. The molecule has 8 heteroatoms. The number of nitrogens with one attached hydrogen (secondary N) is 1. The minimum atomic E-state index is -3.55. The van der Waals surface area contributed by atoms with Crippen LogP contribution in [0.5, 0.6) is 11.5 Å². The molecule has 4 aromatic rings. The van der Waals surface area contributed by atoms with Crippen LogP contribution in [0.15, 0.2) is 109 Å². The van der Waals surface area contributed by atoms with Crippen molar-refractivity contribution in [2.75, 3.05) is 23.7 Å². The van der Waals surface area contributed by atoms with Crippen LogP contribution >= 0.6 is 0 Å². The summed E-state index contributed by atoms with van der Waals surface area (Å²) in [5.74, 6) is 1.17. The molecule has 1 amide bonds. The Morgan fingerprint density at radius 3 is 1.97 bits per heavy atom. The Morgan fingerprint density at radius 1 is 0.737 bits per heavy atom. The van der Waals surface area contributed by atoms with Crippen molar-refractivity contribution < 1.29 is 22.7 Å². The topological polar surface area (TPSA) is 84.9 Å². The molecule has 0 saturated carbocycles. The van der Waals surface area contributed by atoms with E-state index in [1.165, 1.54) is 10.6 Å². The number of hydrogen-bond donors (Lipinski definition) is 1. The maximum absolute atomic E-state index is 12.6. The molecule has 7 nitrogen and oxygen atoms in total. The van der Waals surface area contributed by atoms with Crippen LogP contribution in [0, 0.1) is 0 Å². The van der Waals surface area contributed by atoms with E-state index in [-0.39, 0.29) is 12.5 Å². The van der Waals surface area contributed by atoms with Crippen molar-refractivity contribution in [3.8, 4) is 11.5 Å². The van der Waals surface area contributed by atoms with Gasteiger partial charge in [-0.05, 0) is 59.7 Å². The summed E-state index contributed by atoms with van der Waals surface area (Å²) in [5, 5.41) is 2.82. The number of sulfonamides is 1. The van der Waals surface area contributed by atoms with E-state index in [0.717, 1.165) is 16.9 Å². The summed E-state index contributed by atoms with van der Waals surface area (Å²) in [6.45, 7) is 1.28. The van der Waals surface area contributed by atoms with Gasteiger partial charge in [0.15, 0.2) is 0 Å². The fourth-order valence-corrected chi connectivity index (χ4v) is 4.62. The highest BCUT2D eigenvalue weighted by Crippen LogP contribution is 2.24. The number of benzene rings is 4. The van der Waals surface area contributed by atoms with Gasteiger partial charge in [-0.25, -0.2) is 8.42 Å². The van der Waals surface area contributed by atoms with Crippen LogP contribution in [-0.4, -0.2) is 33.7 Å². The van der Waals surface area contributed by atoms with E-state index < -0.39 is 10.0 Å². The van der Waals surface area contributed by atoms with Gasteiger partial charge >= 0.3 is 0 Å². The minimum Gasteiger partial charge on any atom is -0.492 e. The number of hydrogen-bond acceptors (Lipinski definition) is 5. The SMILES string of the molecule is CS(=O)(=O)N(Cc1ccc(C(=O)NCCOc2ccccc2)cc1)c1ccc(OCc2ccccc2)cc1. The molecule has 0 spiro atoms. The number of carbonyl (C=O) groups excluding carboxylic acids is 1. The third kappa shape index (κ3) is 7.85. The molecule has 0 saturated heterocycles. The molecule has 4 aromatic carbocycles. The fraction of sp³-hybridized carbons (Fsp3) is 0.167. The Kier molecular flexibility index (Phi) is 9.00. The summed E-state index contributed by atoms with van der Waals surface area (Å²) in [5.41, 5.74) is 2.81. The molecule has 0 radical (unpaired) electrons. The van der Waals surface area contributed by atoms with Crippen molar-refractivity contribution in [3.63, 3.8) is 0 Å². The number of carbonyl (C=O) groups is 1. The molecule has 0 fully saturated rings. The Morgan fingerprint density at radius 2 is 1.34 bits per heavy atom. The standard InChI is InChI=1S/C30H30N2O5S/c1-38(34,35)32(27-16-18-29(19-17-27)37-23-25-8-4-2-5-9-25)22-24-12-14-26(15-13-24)30(33)31-20-21-36-28-10-6-3-7-11-28/h2-19H,20-23H2,1H3,(H,31,33). The second kappa shape index (κ2) is 12.8. The summed E-state index contributed by atoms with van der Waals surface area (Å²) in [6.07, 6.45) is 1.17. The fourth-order valence-electron chi connectivity index (χ4n) is 3.73. The largest absolute Gasteiger partial charge is 0.492 e. The molecule has 0 aromatic heterocycles. The monoisotopic (exact) mass is 530 g/mol. The van der Waals surface area contributed by atoms with Crippen molar-refractivity contribution in [2.24, 2.45) is 0 Å². The van der Waals surface area contributed by atoms with E-state index in [1.54, 1.807) is 48.5 Å². The molecule has 38 heavy (non-hydrogen) atoms. The van der Waals surface area contributed by atoms with E-state index >= 15 is 0 Å². The van der Waals surface area contributed by atoms with Gasteiger partial charge in [0, 0.05) is 5.56 Å². The number of ether oxygens (including phenoxy) is 2. The second-order valence-electron chi connectivity index (χ2n) is 8.65. The van der Waals surface area contributed by atoms with E-state index in [2.05, 4.69) is 5.32 Å². The molecule has 0 bridgehead atoms. The van der Waals surface area contributed by atoms with Crippen molar-refractivity contribution in [3.05, 3.63) is 126 Å². The summed E-state index contributed by atoms with van der Waals surface area (Å²) in [6, 6.07) is 33.0. The lowest BCUT2D eigenvalue weighted by molar-refractivity contribution is 0.0947. The van der Waals surface area contributed by atoms with Gasteiger partial charge < -0.3 is 14.8 Å². The third-order valence-electron chi connectivity index (χ3n) is 5.72. The first-order valence-electron chi connectivity index (χ1n) is 12.2. The van der Waals surface area contributed by atoms with Crippen LogP contribution in [0.25, 0.3) is 0 Å². The summed E-state index contributed by atoms with van der Waals surface area (Å²) in [7, 11) is -3.55. The molecule has 1 N–H and O–H groups in total. The van der Waals surface area contributed by atoms with Gasteiger partial charge in [0.25, 0.3) is 5.91 Å². The Bertz CT molecular complexity index is 1410. The molecule has 0 atom stereocenters. The smallest absolute Gasteiger partial charge is 0.251 e. The van der Waals surface area contributed by atoms with Gasteiger partial charge in [-0.1, -0.05) is 60.7 Å². The first kappa shape index (κ1) is 26.8. The van der Waals surface area contributed by atoms with E-state index in [4.69, 9.17) is 9.47 Å². The zero-order chi connectivity index (χ0) is 26.8. The molecule has 196 valence electrons. The first-order valence-corrected chi connectivity index (χ1v) is 14.0. The number of anilines is 1. The molecule has 4 rings (SSSR count). The van der Waals surface area contributed by atoms with E-state index in [0.29, 0.717) is 36.8 Å². The van der Waals surface area contributed by atoms with Gasteiger partial charge in [-0.15, -0.1) is 0 Å². The van der Waals surface area contributed by atoms with Crippen LogP contribution in [0.3, 0.4) is 0 Å². The lowest BCUT2D eigenvalue weighted by atomic mass is 10.1. The Hall–Kier alpha value is -4.30. The minimum absolute atomic E-state index is 0.135. The summed E-state index contributed by atoms with van der Waals surface area (Å²) >= 11 is 0. The van der Waals surface area contributed by atoms with Crippen molar-refractivity contribution in [1.82, 2.24) is 5.32 Å². The van der Waals surface area contributed by atoms with Crippen LogP contribution in [-0.2, 0) is 23.2 Å². The van der Waals surface area contributed by atoms with Gasteiger partial charge in [0.1, 0.15) is 24.7 Å². The lowest BCUT2D eigenvalue weighted by Crippen LogP contribution is -2.29. The number of amides is 1. The van der Waals surface area contributed by atoms with E-state index in [1.807, 2.05) is 60.7 Å². The average Bonchev–Trinajstić information content (AvgIpc) is 2.94. The highest BCUT2D eigenvalue weighted by atomic mass is 32.2. The molecule has 0 aliphatic heterocycles. The van der Waals surface area contributed by atoms with Crippen LogP contribution in [0.4, 0.5) is 5.69 Å². The Balaban J connectivity index is 1.32. The number of rotatable bonds is 12. The normalized spacial score (nSPS) is 11.0. The second-order valence-corrected chi connectivity index (χ2v) is 10.6. The van der Waals surface area contributed by atoms with Gasteiger partial charge in [-0.3, -0.25) is 9.10 Å². The predicted molar refractivity (Wildman–Crippen MR) is 149 cm³/mol. The molecule has 0 unspecified atom stereocenters. The highest BCUT2D eigenvalue weighted by Gasteiger charge is 2.18. The highest BCUT2D eigenvalue weighted by molar-refractivity contribution is 7.92. The van der Waals surface area contributed by atoms with Gasteiger partial charge in [-0.2, -0.15) is 0 Å². The average molecular weight is 531 g/mol.